The van der Waals surface area contributed by atoms with Crippen LogP contribution in [0.4, 0.5) is 10.1 Å². The first-order valence-electron chi connectivity index (χ1n) is 9.62. The van der Waals surface area contributed by atoms with Crippen LogP contribution < -0.4 is 10.9 Å². The summed E-state index contributed by atoms with van der Waals surface area (Å²) in [6.45, 7) is 5.49. The van der Waals surface area contributed by atoms with Crippen molar-refractivity contribution in [3.8, 4) is 5.88 Å². The molecule has 0 saturated carbocycles. The highest BCUT2D eigenvalue weighted by Gasteiger charge is 2.32. The largest absolute Gasteiger partial charge is 0.493 e. The lowest BCUT2D eigenvalue weighted by Gasteiger charge is -2.24. The van der Waals surface area contributed by atoms with Crippen LogP contribution in [0.2, 0.25) is 0 Å². The Bertz CT molecular complexity index is 1360. The number of hydrogen-bond acceptors (Lipinski definition) is 5. The molecule has 2 N–H and O–H groups in total. The van der Waals surface area contributed by atoms with Crippen LogP contribution in [0.3, 0.4) is 0 Å². The maximum absolute atomic E-state index is 13.4. The molecule has 31 heavy (non-hydrogen) atoms. The summed E-state index contributed by atoms with van der Waals surface area (Å²) in [7, 11) is -3.81. The summed E-state index contributed by atoms with van der Waals surface area (Å²) in [5.74, 6) is -0.771. The van der Waals surface area contributed by atoms with Crippen molar-refractivity contribution in [2.24, 2.45) is 0 Å². The zero-order valence-electron chi connectivity index (χ0n) is 17.3. The molecule has 0 saturated heterocycles. The molecule has 2 heterocycles. The number of aromatic nitrogens is 2. The molecule has 1 aromatic heterocycles. The Kier molecular flexibility index (Phi) is 4.81. The molecule has 9 heteroatoms. The van der Waals surface area contributed by atoms with E-state index in [4.69, 9.17) is 0 Å². The van der Waals surface area contributed by atoms with E-state index in [-0.39, 0.29) is 28.6 Å². The van der Waals surface area contributed by atoms with Gasteiger partial charge in [-0.15, -0.1) is 0 Å². The third kappa shape index (κ3) is 3.65. The normalized spacial score (nSPS) is 15.2. The third-order valence-electron chi connectivity index (χ3n) is 5.00. The van der Waals surface area contributed by atoms with Gasteiger partial charge in [0.25, 0.3) is 5.56 Å². The number of nitrogens with one attached hydrogen (secondary N) is 1. The summed E-state index contributed by atoms with van der Waals surface area (Å²) in [5.41, 5.74) is -0.418. The van der Waals surface area contributed by atoms with Crippen molar-refractivity contribution in [2.45, 2.75) is 37.8 Å². The Labute approximate surface area is 179 Å². The molecule has 0 aliphatic carbocycles. The number of rotatable bonds is 3. The predicted octanol–water partition coefficient (Wildman–Crippen LogP) is 3.50. The quantitative estimate of drug-likeness (QED) is 0.646. The van der Waals surface area contributed by atoms with Crippen LogP contribution in [0.1, 0.15) is 31.9 Å². The van der Waals surface area contributed by atoms with Crippen LogP contribution in [-0.4, -0.2) is 22.9 Å². The van der Waals surface area contributed by atoms with Crippen molar-refractivity contribution in [3.63, 3.8) is 0 Å². The average molecular weight is 444 g/mol. The predicted molar refractivity (Wildman–Crippen MR) is 116 cm³/mol. The number of halogens is 1. The van der Waals surface area contributed by atoms with Crippen LogP contribution in [-0.2, 0) is 21.9 Å². The second-order valence-electron chi connectivity index (χ2n) is 8.37. The van der Waals surface area contributed by atoms with Crippen molar-refractivity contribution in [2.75, 3.05) is 5.32 Å². The summed E-state index contributed by atoms with van der Waals surface area (Å²) in [4.78, 5) is 13.5. The SMILES string of the molecule is CC(C)(C)n1c(=O)c(C2=CS(=O)(=O)c3ccccc3N2)c(O)n1Cc1ccc(F)cc1. The Morgan fingerprint density at radius 1 is 1.06 bits per heavy atom. The summed E-state index contributed by atoms with van der Waals surface area (Å²) in [6, 6.07) is 12.1. The molecule has 162 valence electrons. The monoisotopic (exact) mass is 443 g/mol. The number of nitrogens with zero attached hydrogens (tertiary/aromatic N) is 2. The number of sulfone groups is 1. The number of fused-ring (bicyclic) bond motifs is 1. The van der Waals surface area contributed by atoms with E-state index in [0.29, 0.717) is 11.3 Å². The first-order chi connectivity index (χ1) is 14.5. The van der Waals surface area contributed by atoms with Gasteiger partial charge in [-0.25, -0.2) is 22.2 Å². The number of hydrogen-bond donors (Lipinski definition) is 2. The first-order valence-corrected chi connectivity index (χ1v) is 11.2. The maximum Gasteiger partial charge on any atom is 0.280 e. The molecule has 7 nitrogen and oxygen atoms in total. The standard InChI is InChI=1S/C22H22FN3O4S/c1-22(2,3)26-21(28)19(20(27)25(26)12-14-8-10-15(23)11-9-14)17-13-31(29,30)18-7-5-4-6-16(18)24-17/h4-11,13,24,27H,12H2,1-3H3. The molecule has 1 aliphatic heterocycles. The number of benzene rings is 2. The number of anilines is 1. The fourth-order valence-electron chi connectivity index (χ4n) is 3.68. The molecule has 0 amide bonds. The molecule has 1 aliphatic rings. The van der Waals surface area contributed by atoms with Crippen molar-refractivity contribution in [1.82, 2.24) is 9.36 Å². The van der Waals surface area contributed by atoms with E-state index in [1.54, 1.807) is 51.1 Å². The van der Waals surface area contributed by atoms with Crippen molar-refractivity contribution < 1.29 is 17.9 Å². The maximum atomic E-state index is 13.4. The van der Waals surface area contributed by atoms with Crippen LogP contribution >= 0.6 is 0 Å². The minimum Gasteiger partial charge on any atom is -0.493 e. The van der Waals surface area contributed by atoms with Crippen LogP contribution in [0.25, 0.3) is 5.70 Å². The molecule has 0 unspecified atom stereocenters. The summed E-state index contributed by atoms with van der Waals surface area (Å²) < 4.78 is 41.5. The Morgan fingerprint density at radius 2 is 1.71 bits per heavy atom. The van der Waals surface area contributed by atoms with Gasteiger partial charge in [0.1, 0.15) is 11.4 Å². The Morgan fingerprint density at radius 3 is 2.35 bits per heavy atom. The average Bonchev–Trinajstić information content (AvgIpc) is 2.93. The topological polar surface area (TPSA) is 93.3 Å². The van der Waals surface area contributed by atoms with Gasteiger partial charge in [-0.1, -0.05) is 24.3 Å². The van der Waals surface area contributed by atoms with Gasteiger partial charge in [0.15, 0.2) is 0 Å². The van der Waals surface area contributed by atoms with Gasteiger partial charge in [-0.2, -0.15) is 0 Å². The summed E-state index contributed by atoms with van der Waals surface area (Å²) in [5, 5.41) is 15.0. The Hall–Kier alpha value is -3.33. The van der Waals surface area contributed by atoms with E-state index in [9.17, 15) is 22.7 Å². The molecule has 2 aromatic carbocycles. The molecule has 0 bridgehead atoms. The van der Waals surface area contributed by atoms with Gasteiger partial charge in [-0.3, -0.25) is 4.79 Å². The molecular formula is C22H22FN3O4S. The van der Waals surface area contributed by atoms with Gasteiger partial charge < -0.3 is 10.4 Å². The minimum absolute atomic E-state index is 0.00273. The highest BCUT2D eigenvalue weighted by molar-refractivity contribution is 7.94. The summed E-state index contributed by atoms with van der Waals surface area (Å²) in [6.07, 6.45) is 0. The van der Waals surface area contributed by atoms with Gasteiger partial charge in [0, 0.05) is 0 Å². The van der Waals surface area contributed by atoms with E-state index < -0.39 is 26.8 Å². The lowest BCUT2D eigenvalue weighted by Crippen LogP contribution is -2.37. The third-order valence-corrected chi connectivity index (χ3v) is 6.52. The highest BCUT2D eigenvalue weighted by Crippen LogP contribution is 2.35. The Balaban J connectivity index is 1.91. The molecular weight excluding hydrogens is 421 g/mol. The van der Waals surface area contributed by atoms with Crippen molar-refractivity contribution in [1.29, 1.82) is 0 Å². The van der Waals surface area contributed by atoms with E-state index in [0.717, 1.165) is 5.41 Å². The van der Waals surface area contributed by atoms with E-state index in [1.807, 2.05) is 0 Å². The minimum atomic E-state index is -3.81. The van der Waals surface area contributed by atoms with Gasteiger partial charge in [0.2, 0.25) is 15.7 Å². The van der Waals surface area contributed by atoms with Crippen molar-refractivity contribution >= 4 is 21.2 Å². The smallest absolute Gasteiger partial charge is 0.280 e. The zero-order valence-corrected chi connectivity index (χ0v) is 18.1. The first kappa shape index (κ1) is 20.9. The van der Waals surface area contributed by atoms with E-state index >= 15 is 0 Å². The van der Waals surface area contributed by atoms with Crippen LogP contribution in [0.15, 0.2) is 63.6 Å². The van der Waals surface area contributed by atoms with Crippen molar-refractivity contribution in [3.05, 3.63) is 81.2 Å². The highest BCUT2D eigenvalue weighted by atomic mass is 32.2. The van der Waals surface area contributed by atoms with Gasteiger partial charge in [-0.05, 0) is 50.6 Å². The van der Waals surface area contributed by atoms with Gasteiger partial charge >= 0.3 is 0 Å². The zero-order chi connectivity index (χ0) is 22.6. The molecule has 4 rings (SSSR count). The summed E-state index contributed by atoms with van der Waals surface area (Å²) >= 11 is 0. The molecule has 3 aromatic rings. The lowest BCUT2D eigenvalue weighted by atomic mass is 10.1. The fraction of sp³-hybridized carbons (Fsp3) is 0.227. The second-order valence-corrected chi connectivity index (χ2v) is 10.1. The molecule has 0 radical (unpaired) electrons. The number of aromatic hydroxyl groups is 1. The van der Waals surface area contributed by atoms with Crippen LogP contribution in [0, 0.1) is 5.82 Å². The van der Waals surface area contributed by atoms with Crippen LogP contribution in [0.5, 0.6) is 5.88 Å². The molecule has 0 fully saturated rings. The second kappa shape index (κ2) is 7.12. The molecule has 0 spiro atoms. The molecule has 0 atom stereocenters. The number of para-hydroxylation sites is 1. The fourth-order valence-corrected chi connectivity index (χ4v) is 4.99. The van der Waals surface area contributed by atoms with E-state index in [2.05, 4.69) is 5.32 Å². The van der Waals surface area contributed by atoms with E-state index in [1.165, 1.54) is 27.6 Å². The lowest BCUT2D eigenvalue weighted by molar-refractivity contribution is 0.269. The van der Waals surface area contributed by atoms with Gasteiger partial charge in [0.05, 0.1) is 33.8 Å².